The van der Waals surface area contributed by atoms with E-state index in [-0.39, 0.29) is 0 Å². The van der Waals surface area contributed by atoms with E-state index in [1.807, 2.05) is 25.1 Å². The molecule has 0 amide bonds. The maximum absolute atomic E-state index is 5.64. The zero-order valence-corrected chi connectivity index (χ0v) is 16.7. The Morgan fingerprint density at radius 3 is 2.65 bits per heavy atom. The molecule has 1 atom stereocenters. The minimum atomic E-state index is 0.571. The third kappa shape index (κ3) is 6.41. The number of rotatable bonds is 8. The number of anilines is 1. The van der Waals surface area contributed by atoms with Crippen molar-refractivity contribution in [2.45, 2.75) is 33.1 Å². The number of hydrogen-bond acceptors (Lipinski definition) is 4. The first-order valence-corrected chi connectivity index (χ1v) is 9.67. The molecule has 146 valence electrons. The molecular weight excluding hydrogens is 328 g/mol. The van der Waals surface area contributed by atoms with Gasteiger partial charge in [0.05, 0.1) is 13.7 Å². The number of guanidine groups is 1. The summed E-state index contributed by atoms with van der Waals surface area (Å²) in [5.41, 5.74) is 0.922. The third-order valence-electron chi connectivity index (χ3n) is 4.59. The fourth-order valence-electron chi connectivity index (χ4n) is 3.26. The van der Waals surface area contributed by atoms with Crippen LogP contribution in [0.15, 0.2) is 23.2 Å². The molecule has 1 unspecified atom stereocenters. The lowest BCUT2D eigenvalue weighted by Crippen LogP contribution is -2.39. The summed E-state index contributed by atoms with van der Waals surface area (Å²) in [4.78, 5) is 6.90. The van der Waals surface area contributed by atoms with Crippen LogP contribution in [0.1, 0.15) is 33.1 Å². The minimum absolute atomic E-state index is 0.571. The van der Waals surface area contributed by atoms with Crippen LogP contribution in [0.3, 0.4) is 0 Å². The Kier molecular flexibility index (Phi) is 8.54. The van der Waals surface area contributed by atoms with Gasteiger partial charge in [-0.25, -0.2) is 0 Å². The Morgan fingerprint density at radius 1 is 1.23 bits per heavy atom. The SMILES string of the molecule is CCOc1cc(NC(=NC)NCC(C)CN2CCCCC2)ccc1OC. The summed E-state index contributed by atoms with van der Waals surface area (Å²) >= 11 is 0. The molecule has 0 bridgehead atoms. The molecule has 1 heterocycles. The molecule has 0 aromatic heterocycles. The predicted octanol–water partition coefficient (Wildman–Crippen LogP) is 3.20. The first-order valence-electron chi connectivity index (χ1n) is 9.67. The number of benzene rings is 1. The van der Waals surface area contributed by atoms with Crippen LogP contribution in [0.5, 0.6) is 11.5 Å². The molecule has 1 aromatic carbocycles. The topological polar surface area (TPSA) is 58.1 Å². The number of hydrogen-bond donors (Lipinski definition) is 2. The molecule has 1 aromatic rings. The van der Waals surface area contributed by atoms with Crippen LogP contribution in [0.2, 0.25) is 0 Å². The summed E-state index contributed by atoms with van der Waals surface area (Å²) in [6.45, 7) is 9.36. The second kappa shape index (κ2) is 10.9. The van der Waals surface area contributed by atoms with E-state index in [0.29, 0.717) is 12.5 Å². The van der Waals surface area contributed by atoms with E-state index in [1.165, 1.54) is 32.4 Å². The predicted molar refractivity (Wildman–Crippen MR) is 109 cm³/mol. The number of piperidine rings is 1. The Labute approximate surface area is 158 Å². The van der Waals surface area contributed by atoms with E-state index >= 15 is 0 Å². The van der Waals surface area contributed by atoms with E-state index in [0.717, 1.165) is 36.2 Å². The first-order chi connectivity index (χ1) is 12.7. The molecule has 2 N–H and O–H groups in total. The lowest BCUT2D eigenvalue weighted by molar-refractivity contribution is 0.201. The Morgan fingerprint density at radius 2 is 2.00 bits per heavy atom. The van der Waals surface area contributed by atoms with Crippen molar-refractivity contribution in [3.8, 4) is 11.5 Å². The van der Waals surface area contributed by atoms with Gasteiger partial charge in [-0.3, -0.25) is 4.99 Å². The van der Waals surface area contributed by atoms with Gasteiger partial charge < -0.3 is 25.0 Å². The third-order valence-corrected chi connectivity index (χ3v) is 4.59. The molecule has 6 heteroatoms. The quantitative estimate of drug-likeness (QED) is 0.549. The van der Waals surface area contributed by atoms with E-state index < -0.39 is 0 Å². The van der Waals surface area contributed by atoms with Crippen LogP contribution in [0.25, 0.3) is 0 Å². The molecule has 6 nitrogen and oxygen atoms in total. The molecule has 0 radical (unpaired) electrons. The van der Waals surface area contributed by atoms with Gasteiger partial charge in [-0.15, -0.1) is 0 Å². The van der Waals surface area contributed by atoms with Crippen molar-refractivity contribution in [3.05, 3.63) is 18.2 Å². The summed E-state index contributed by atoms with van der Waals surface area (Å²) in [6.07, 6.45) is 4.05. The summed E-state index contributed by atoms with van der Waals surface area (Å²) in [7, 11) is 3.44. The summed E-state index contributed by atoms with van der Waals surface area (Å²) in [5, 5.41) is 6.75. The van der Waals surface area contributed by atoms with Gasteiger partial charge in [0.2, 0.25) is 0 Å². The normalized spacial score (nSPS) is 16.8. The Bertz CT molecular complexity index is 571. The number of nitrogens with zero attached hydrogens (tertiary/aromatic N) is 2. The number of likely N-dealkylation sites (tertiary alicyclic amines) is 1. The fraction of sp³-hybridized carbons (Fsp3) is 0.650. The standard InChI is InChI=1S/C20H34N4O2/c1-5-26-19-13-17(9-10-18(19)25-4)23-20(21-3)22-14-16(2)15-24-11-7-6-8-12-24/h9-10,13,16H,5-8,11-12,14-15H2,1-4H3,(H2,21,22,23). The van der Waals surface area contributed by atoms with Crippen LogP contribution in [-0.4, -0.2) is 57.8 Å². The van der Waals surface area contributed by atoms with Crippen LogP contribution >= 0.6 is 0 Å². The van der Waals surface area contributed by atoms with Crippen molar-refractivity contribution in [2.75, 3.05) is 52.3 Å². The lowest BCUT2D eigenvalue weighted by Gasteiger charge is -2.29. The van der Waals surface area contributed by atoms with Crippen molar-refractivity contribution in [1.29, 1.82) is 0 Å². The zero-order chi connectivity index (χ0) is 18.8. The van der Waals surface area contributed by atoms with Crippen LogP contribution in [-0.2, 0) is 0 Å². The highest BCUT2D eigenvalue weighted by Gasteiger charge is 2.14. The number of ether oxygens (including phenoxy) is 2. The minimum Gasteiger partial charge on any atom is -0.493 e. The zero-order valence-electron chi connectivity index (χ0n) is 16.7. The second-order valence-corrected chi connectivity index (χ2v) is 6.84. The van der Waals surface area contributed by atoms with E-state index in [1.54, 1.807) is 14.2 Å². The maximum atomic E-state index is 5.64. The largest absolute Gasteiger partial charge is 0.493 e. The smallest absolute Gasteiger partial charge is 0.195 e. The summed E-state index contributed by atoms with van der Waals surface area (Å²) < 4.78 is 11.0. The van der Waals surface area contributed by atoms with Crippen LogP contribution < -0.4 is 20.1 Å². The van der Waals surface area contributed by atoms with E-state index in [4.69, 9.17) is 9.47 Å². The van der Waals surface area contributed by atoms with Gasteiger partial charge in [0.25, 0.3) is 0 Å². The number of aliphatic imine (C=N–C) groups is 1. The van der Waals surface area contributed by atoms with Crippen LogP contribution in [0.4, 0.5) is 5.69 Å². The first kappa shape index (κ1) is 20.4. The Balaban J connectivity index is 1.85. The number of methoxy groups -OCH3 is 1. The van der Waals surface area contributed by atoms with Crippen molar-refractivity contribution in [3.63, 3.8) is 0 Å². The fourth-order valence-corrected chi connectivity index (χ4v) is 3.26. The average Bonchev–Trinajstić information content (AvgIpc) is 2.66. The summed E-state index contributed by atoms with van der Waals surface area (Å²) in [5.74, 6) is 2.80. The molecular formula is C20H34N4O2. The molecule has 0 aliphatic carbocycles. The van der Waals surface area contributed by atoms with Crippen molar-refractivity contribution < 1.29 is 9.47 Å². The highest BCUT2D eigenvalue weighted by Crippen LogP contribution is 2.30. The van der Waals surface area contributed by atoms with Gasteiger partial charge in [-0.2, -0.15) is 0 Å². The summed E-state index contributed by atoms with van der Waals surface area (Å²) in [6, 6.07) is 5.80. The molecule has 1 aliphatic rings. The number of nitrogens with one attached hydrogen (secondary N) is 2. The van der Waals surface area contributed by atoms with Crippen molar-refractivity contribution >= 4 is 11.6 Å². The highest BCUT2D eigenvalue weighted by atomic mass is 16.5. The van der Waals surface area contributed by atoms with Crippen molar-refractivity contribution in [2.24, 2.45) is 10.9 Å². The van der Waals surface area contributed by atoms with Gasteiger partial charge >= 0.3 is 0 Å². The second-order valence-electron chi connectivity index (χ2n) is 6.84. The molecule has 1 fully saturated rings. The van der Waals surface area contributed by atoms with Crippen LogP contribution in [0, 0.1) is 5.92 Å². The molecule has 0 saturated carbocycles. The van der Waals surface area contributed by atoms with Gasteiger partial charge in [0.1, 0.15) is 0 Å². The molecule has 2 rings (SSSR count). The van der Waals surface area contributed by atoms with E-state index in [2.05, 4.69) is 27.4 Å². The van der Waals surface area contributed by atoms with Gasteiger partial charge in [-0.1, -0.05) is 13.3 Å². The molecule has 0 spiro atoms. The maximum Gasteiger partial charge on any atom is 0.195 e. The monoisotopic (exact) mass is 362 g/mol. The van der Waals surface area contributed by atoms with Gasteiger partial charge in [0.15, 0.2) is 17.5 Å². The van der Waals surface area contributed by atoms with E-state index in [9.17, 15) is 0 Å². The Hall–Kier alpha value is -1.95. The lowest BCUT2D eigenvalue weighted by atomic mass is 10.1. The van der Waals surface area contributed by atoms with Gasteiger partial charge in [0, 0.05) is 31.9 Å². The average molecular weight is 363 g/mol. The highest BCUT2D eigenvalue weighted by molar-refractivity contribution is 5.93. The van der Waals surface area contributed by atoms with Crippen molar-refractivity contribution in [1.82, 2.24) is 10.2 Å². The molecule has 1 aliphatic heterocycles. The molecule has 26 heavy (non-hydrogen) atoms. The molecule has 1 saturated heterocycles. The van der Waals surface area contributed by atoms with Gasteiger partial charge in [-0.05, 0) is 50.9 Å².